The van der Waals surface area contributed by atoms with Gasteiger partial charge in [0.1, 0.15) is 5.82 Å². The first-order valence-electron chi connectivity index (χ1n) is 8.54. The van der Waals surface area contributed by atoms with Gasteiger partial charge in [-0.2, -0.15) is 0 Å². The molecule has 0 saturated heterocycles. The minimum atomic E-state index is -3.74. The first-order valence-corrected chi connectivity index (χ1v) is 9.98. The third-order valence-electron chi connectivity index (χ3n) is 4.64. The van der Waals surface area contributed by atoms with Crippen molar-refractivity contribution in [3.8, 4) is 0 Å². The largest absolute Gasteiger partial charge is 0.313 e. The van der Waals surface area contributed by atoms with E-state index in [1.165, 1.54) is 27.7 Å². The molecule has 4 nitrogen and oxygen atoms in total. The van der Waals surface area contributed by atoms with Crippen molar-refractivity contribution in [1.29, 1.82) is 0 Å². The molecule has 0 fully saturated rings. The number of nitrogens with zero attached hydrogens (tertiary/aromatic N) is 1. The average molecular weight is 370 g/mol. The molecule has 0 unspecified atom stereocenters. The van der Waals surface area contributed by atoms with Crippen LogP contribution < -0.4 is 5.32 Å². The number of benzene rings is 2. The van der Waals surface area contributed by atoms with Gasteiger partial charge in [-0.1, -0.05) is 29.8 Å². The quantitative estimate of drug-likeness (QED) is 0.716. The van der Waals surface area contributed by atoms with E-state index >= 15 is 0 Å². The van der Waals surface area contributed by atoms with Crippen LogP contribution in [0.3, 0.4) is 0 Å². The van der Waals surface area contributed by atoms with Gasteiger partial charge in [0.15, 0.2) is 0 Å². The Morgan fingerprint density at radius 2 is 1.92 bits per heavy atom. The summed E-state index contributed by atoms with van der Waals surface area (Å²) in [6.07, 6.45) is 5.35. The van der Waals surface area contributed by atoms with Crippen molar-refractivity contribution < 1.29 is 12.8 Å². The summed E-state index contributed by atoms with van der Waals surface area (Å²) in [5, 5.41) is 3.95. The lowest BCUT2D eigenvalue weighted by Gasteiger charge is -2.13. The maximum atomic E-state index is 13.8. The molecule has 0 atom stereocenters. The molecule has 0 spiro atoms. The van der Waals surface area contributed by atoms with Crippen molar-refractivity contribution in [2.45, 2.75) is 17.7 Å². The molecule has 1 aromatic heterocycles. The number of aromatic nitrogens is 1. The van der Waals surface area contributed by atoms with Crippen LogP contribution in [0.4, 0.5) is 4.39 Å². The van der Waals surface area contributed by atoms with Gasteiger partial charge in [-0.3, -0.25) is 0 Å². The van der Waals surface area contributed by atoms with Gasteiger partial charge in [-0.05, 0) is 55.3 Å². The van der Waals surface area contributed by atoms with Crippen molar-refractivity contribution in [3.63, 3.8) is 0 Å². The first kappa shape index (κ1) is 17.0. The normalized spacial score (nSPS) is 15.2. The fourth-order valence-electron chi connectivity index (χ4n) is 3.36. The summed E-state index contributed by atoms with van der Waals surface area (Å²) >= 11 is 0. The second-order valence-electron chi connectivity index (χ2n) is 6.43. The molecule has 0 saturated carbocycles. The predicted octanol–water partition coefficient (Wildman–Crippen LogP) is 3.48. The number of fused-ring (bicyclic) bond motifs is 1. The zero-order chi connectivity index (χ0) is 18.1. The van der Waals surface area contributed by atoms with E-state index in [9.17, 15) is 12.8 Å². The van der Waals surface area contributed by atoms with Gasteiger partial charge in [0.2, 0.25) is 0 Å². The third-order valence-corrected chi connectivity index (χ3v) is 6.33. The number of hydrogen-bond acceptors (Lipinski definition) is 3. The SMILES string of the molecule is O=S(=O)(c1ccccc1)n1cc(CC2=CCCNC2)c2cc(F)ccc21. The number of hydrogen-bond donors (Lipinski definition) is 1. The summed E-state index contributed by atoms with van der Waals surface area (Å²) in [5.41, 5.74) is 2.50. The summed E-state index contributed by atoms with van der Waals surface area (Å²) in [6, 6.07) is 12.5. The van der Waals surface area contributed by atoms with E-state index in [1.54, 1.807) is 36.5 Å². The van der Waals surface area contributed by atoms with E-state index in [2.05, 4.69) is 11.4 Å². The summed E-state index contributed by atoms with van der Waals surface area (Å²) in [6.45, 7) is 1.72. The summed E-state index contributed by atoms with van der Waals surface area (Å²) in [7, 11) is -3.74. The van der Waals surface area contributed by atoms with Crippen molar-refractivity contribution in [2.75, 3.05) is 13.1 Å². The average Bonchev–Trinajstić information content (AvgIpc) is 3.02. The van der Waals surface area contributed by atoms with Crippen LogP contribution in [-0.4, -0.2) is 25.5 Å². The highest BCUT2D eigenvalue weighted by Gasteiger charge is 2.22. The molecule has 0 amide bonds. The Morgan fingerprint density at radius 3 is 2.65 bits per heavy atom. The van der Waals surface area contributed by atoms with Crippen molar-refractivity contribution in [1.82, 2.24) is 9.29 Å². The Morgan fingerprint density at radius 1 is 1.12 bits per heavy atom. The zero-order valence-corrected chi connectivity index (χ0v) is 15.0. The van der Waals surface area contributed by atoms with Gasteiger partial charge >= 0.3 is 0 Å². The van der Waals surface area contributed by atoms with Crippen LogP contribution in [0.2, 0.25) is 0 Å². The smallest absolute Gasteiger partial charge is 0.268 e. The standard InChI is InChI=1S/C20H19FN2O2S/c21-17-8-9-20-19(12-17)16(11-15-5-4-10-22-13-15)14-23(20)26(24,25)18-6-2-1-3-7-18/h1-3,5-9,12,14,22H,4,10-11,13H2. The van der Waals surface area contributed by atoms with E-state index in [1.807, 2.05) is 0 Å². The monoisotopic (exact) mass is 370 g/mol. The van der Waals surface area contributed by atoms with E-state index < -0.39 is 10.0 Å². The summed E-state index contributed by atoms with van der Waals surface area (Å²) in [5.74, 6) is -0.371. The van der Waals surface area contributed by atoms with E-state index in [0.717, 1.165) is 25.1 Å². The van der Waals surface area contributed by atoms with Crippen LogP contribution in [0.25, 0.3) is 10.9 Å². The minimum absolute atomic E-state index is 0.214. The molecule has 0 aliphatic carbocycles. The highest BCUT2D eigenvalue weighted by molar-refractivity contribution is 7.90. The molecule has 1 aliphatic rings. The van der Waals surface area contributed by atoms with Crippen molar-refractivity contribution in [3.05, 3.63) is 77.8 Å². The lowest BCUT2D eigenvalue weighted by atomic mass is 10.0. The lowest BCUT2D eigenvalue weighted by molar-refractivity contribution is 0.589. The molecule has 4 rings (SSSR count). The first-order chi connectivity index (χ1) is 12.6. The second-order valence-corrected chi connectivity index (χ2v) is 8.25. The molecular weight excluding hydrogens is 351 g/mol. The molecule has 6 heteroatoms. The fourth-order valence-corrected chi connectivity index (χ4v) is 4.78. The van der Waals surface area contributed by atoms with Gasteiger partial charge in [0.05, 0.1) is 10.4 Å². The number of rotatable bonds is 4. The highest BCUT2D eigenvalue weighted by atomic mass is 32.2. The zero-order valence-electron chi connectivity index (χ0n) is 14.2. The Bertz CT molecular complexity index is 1090. The number of halogens is 1. The number of nitrogens with one attached hydrogen (secondary N) is 1. The van der Waals surface area contributed by atoms with E-state index in [0.29, 0.717) is 17.3 Å². The van der Waals surface area contributed by atoms with Crippen LogP contribution >= 0.6 is 0 Å². The molecule has 0 radical (unpaired) electrons. The molecule has 3 aromatic rings. The Labute approximate surface area is 152 Å². The predicted molar refractivity (Wildman–Crippen MR) is 100 cm³/mol. The maximum absolute atomic E-state index is 13.8. The summed E-state index contributed by atoms with van der Waals surface area (Å²) in [4.78, 5) is 0.214. The summed E-state index contributed by atoms with van der Waals surface area (Å²) < 4.78 is 41.3. The molecule has 2 heterocycles. The van der Waals surface area contributed by atoms with E-state index in [-0.39, 0.29) is 10.7 Å². The minimum Gasteiger partial charge on any atom is -0.313 e. The fraction of sp³-hybridized carbons (Fsp3) is 0.200. The molecule has 1 aliphatic heterocycles. The van der Waals surface area contributed by atoms with Crippen LogP contribution in [0.5, 0.6) is 0 Å². The van der Waals surface area contributed by atoms with Crippen molar-refractivity contribution in [2.24, 2.45) is 0 Å². The molecule has 1 N–H and O–H groups in total. The molecule has 2 aromatic carbocycles. The lowest BCUT2D eigenvalue weighted by Crippen LogP contribution is -2.23. The Kier molecular flexibility index (Phi) is 4.38. The van der Waals surface area contributed by atoms with Crippen LogP contribution in [0, 0.1) is 5.82 Å². The second kappa shape index (κ2) is 6.70. The maximum Gasteiger partial charge on any atom is 0.268 e. The van der Waals surface area contributed by atoms with Gasteiger partial charge < -0.3 is 5.32 Å². The van der Waals surface area contributed by atoms with Crippen LogP contribution in [0.15, 0.2) is 71.3 Å². The topological polar surface area (TPSA) is 51.1 Å². The van der Waals surface area contributed by atoms with Crippen molar-refractivity contribution >= 4 is 20.9 Å². The van der Waals surface area contributed by atoms with Crippen LogP contribution in [-0.2, 0) is 16.4 Å². The Balaban J connectivity index is 1.87. The molecular formula is C20H19FN2O2S. The van der Waals surface area contributed by atoms with E-state index in [4.69, 9.17) is 0 Å². The van der Waals surface area contributed by atoms with Gasteiger partial charge in [0.25, 0.3) is 10.0 Å². The third kappa shape index (κ3) is 3.06. The molecule has 26 heavy (non-hydrogen) atoms. The molecule has 0 bridgehead atoms. The highest BCUT2D eigenvalue weighted by Crippen LogP contribution is 2.28. The van der Waals surface area contributed by atoms with Gasteiger partial charge in [-0.15, -0.1) is 0 Å². The Hall–Kier alpha value is -2.44. The van der Waals surface area contributed by atoms with Crippen LogP contribution in [0.1, 0.15) is 12.0 Å². The van der Waals surface area contributed by atoms with Gasteiger partial charge in [-0.25, -0.2) is 16.8 Å². The van der Waals surface area contributed by atoms with Gasteiger partial charge in [0, 0.05) is 18.1 Å². The molecule has 134 valence electrons.